The van der Waals surface area contributed by atoms with Crippen LogP contribution in [-0.2, 0) is 4.74 Å². The zero-order chi connectivity index (χ0) is 14.1. The Morgan fingerprint density at radius 1 is 1.30 bits per heavy atom. The van der Waals surface area contributed by atoms with Crippen molar-refractivity contribution in [2.24, 2.45) is 0 Å². The molecule has 106 valence electrons. The molecule has 3 rings (SSSR count). The quantitative estimate of drug-likeness (QED) is 0.776. The minimum absolute atomic E-state index is 0.132. The first-order valence-electron chi connectivity index (χ1n) is 6.46. The topological polar surface area (TPSA) is 58.6 Å². The molecule has 1 aliphatic heterocycles. The van der Waals surface area contributed by atoms with Crippen LogP contribution in [-0.4, -0.2) is 61.2 Å². The highest BCUT2D eigenvalue weighted by molar-refractivity contribution is 7.17. The van der Waals surface area contributed by atoms with Crippen molar-refractivity contribution in [3.63, 3.8) is 0 Å². The van der Waals surface area contributed by atoms with E-state index in [9.17, 15) is 4.79 Å². The largest absolute Gasteiger partial charge is 0.463 e. The lowest BCUT2D eigenvalue weighted by molar-refractivity contribution is 0.0587. The van der Waals surface area contributed by atoms with Crippen molar-refractivity contribution in [2.75, 3.05) is 45.2 Å². The number of hydrogen-bond donors (Lipinski definition) is 0. The zero-order valence-electron chi connectivity index (χ0n) is 11.5. The Bertz CT molecular complexity index is 634. The molecule has 3 heterocycles. The van der Waals surface area contributed by atoms with E-state index in [4.69, 9.17) is 4.74 Å². The molecule has 0 aliphatic carbocycles. The van der Waals surface area contributed by atoms with E-state index < -0.39 is 5.97 Å². The van der Waals surface area contributed by atoms with E-state index in [0.29, 0.717) is 0 Å². The second-order valence-electron chi connectivity index (χ2n) is 4.79. The SMILES string of the molecule is COC(=O)c1nc(N2CCN(C)CC2)c2sccc2n1. The summed E-state index contributed by atoms with van der Waals surface area (Å²) < 4.78 is 5.76. The molecule has 1 fully saturated rings. The number of nitrogens with zero attached hydrogens (tertiary/aromatic N) is 4. The molecule has 0 unspecified atom stereocenters. The smallest absolute Gasteiger partial charge is 0.376 e. The van der Waals surface area contributed by atoms with E-state index in [-0.39, 0.29) is 5.82 Å². The van der Waals surface area contributed by atoms with Crippen LogP contribution >= 0.6 is 11.3 Å². The van der Waals surface area contributed by atoms with Crippen molar-refractivity contribution in [3.8, 4) is 0 Å². The minimum Gasteiger partial charge on any atom is -0.463 e. The molecule has 0 amide bonds. The molecule has 0 radical (unpaired) electrons. The maximum Gasteiger partial charge on any atom is 0.376 e. The van der Waals surface area contributed by atoms with Crippen molar-refractivity contribution in [2.45, 2.75) is 0 Å². The lowest BCUT2D eigenvalue weighted by Crippen LogP contribution is -2.45. The molecule has 1 saturated heterocycles. The third kappa shape index (κ3) is 2.34. The number of hydrogen-bond acceptors (Lipinski definition) is 7. The Morgan fingerprint density at radius 2 is 2.05 bits per heavy atom. The van der Waals surface area contributed by atoms with E-state index in [1.807, 2.05) is 11.4 Å². The van der Waals surface area contributed by atoms with Gasteiger partial charge in [0.05, 0.1) is 17.3 Å². The standard InChI is InChI=1S/C13H16N4O2S/c1-16-4-6-17(7-5-16)12-10-9(3-8-20-10)14-11(15-12)13(18)19-2/h3,8H,4-7H2,1-2H3. The number of thiophene rings is 1. The normalized spacial score (nSPS) is 16.6. The van der Waals surface area contributed by atoms with Gasteiger partial charge >= 0.3 is 5.97 Å². The first-order chi connectivity index (χ1) is 9.69. The lowest BCUT2D eigenvalue weighted by Gasteiger charge is -2.33. The number of piperazine rings is 1. The monoisotopic (exact) mass is 292 g/mol. The number of carbonyl (C=O) groups is 1. The fourth-order valence-electron chi connectivity index (χ4n) is 2.26. The molecule has 0 spiro atoms. The lowest BCUT2D eigenvalue weighted by atomic mass is 10.3. The Labute approximate surface area is 121 Å². The van der Waals surface area contributed by atoms with Crippen LogP contribution in [0.5, 0.6) is 0 Å². The molecule has 0 saturated carbocycles. The van der Waals surface area contributed by atoms with Crippen LogP contribution in [0.4, 0.5) is 5.82 Å². The van der Waals surface area contributed by atoms with Gasteiger partial charge < -0.3 is 14.5 Å². The summed E-state index contributed by atoms with van der Waals surface area (Å²) in [5.41, 5.74) is 0.805. The van der Waals surface area contributed by atoms with Crippen LogP contribution in [0.25, 0.3) is 10.2 Å². The highest BCUT2D eigenvalue weighted by atomic mass is 32.1. The molecular weight excluding hydrogens is 276 g/mol. The van der Waals surface area contributed by atoms with Gasteiger partial charge in [-0.25, -0.2) is 14.8 Å². The molecule has 20 heavy (non-hydrogen) atoms. The van der Waals surface area contributed by atoms with Gasteiger partial charge in [0.2, 0.25) is 5.82 Å². The van der Waals surface area contributed by atoms with E-state index in [1.54, 1.807) is 11.3 Å². The summed E-state index contributed by atoms with van der Waals surface area (Å²) in [7, 11) is 3.46. The number of anilines is 1. The second-order valence-corrected chi connectivity index (χ2v) is 5.70. The Morgan fingerprint density at radius 3 is 2.75 bits per heavy atom. The van der Waals surface area contributed by atoms with Crippen LogP contribution in [0.15, 0.2) is 11.4 Å². The van der Waals surface area contributed by atoms with E-state index in [1.165, 1.54) is 7.11 Å². The van der Waals surface area contributed by atoms with Gasteiger partial charge in [0.15, 0.2) is 5.82 Å². The summed E-state index contributed by atoms with van der Waals surface area (Å²) in [6.07, 6.45) is 0. The number of fused-ring (bicyclic) bond motifs is 1. The Hall–Kier alpha value is -1.73. The summed E-state index contributed by atoms with van der Waals surface area (Å²) in [5.74, 6) is 0.485. The van der Waals surface area contributed by atoms with Crippen molar-refractivity contribution in [3.05, 3.63) is 17.3 Å². The van der Waals surface area contributed by atoms with Gasteiger partial charge in [-0.3, -0.25) is 0 Å². The first-order valence-corrected chi connectivity index (χ1v) is 7.34. The van der Waals surface area contributed by atoms with Crippen LogP contribution < -0.4 is 4.90 Å². The minimum atomic E-state index is -0.492. The van der Waals surface area contributed by atoms with Gasteiger partial charge in [0.25, 0.3) is 0 Å². The molecule has 0 aromatic carbocycles. The highest BCUT2D eigenvalue weighted by Crippen LogP contribution is 2.29. The highest BCUT2D eigenvalue weighted by Gasteiger charge is 2.21. The zero-order valence-corrected chi connectivity index (χ0v) is 12.3. The average molecular weight is 292 g/mol. The summed E-state index contributed by atoms with van der Waals surface area (Å²) in [4.78, 5) is 24.9. The number of aromatic nitrogens is 2. The van der Waals surface area contributed by atoms with Gasteiger partial charge in [0, 0.05) is 26.2 Å². The van der Waals surface area contributed by atoms with Crippen molar-refractivity contribution >= 4 is 33.3 Å². The average Bonchev–Trinajstić information content (AvgIpc) is 2.94. The van der Waals surface area contributed by atoms with Crippen molar-refractivity contribution in [1.82, 2.24) is 14.9 Å². The third-order valence-corrected chi connectivity index (χ3v) is 4.36. The van der Waals surface area contributed by atoms with Gasteiger partial charge in [0.1, 0.15) is 0 Å². The van der Waals surface area contributed by atoms with Crippen LogP contribution in [0.1, 0.15) is 10.6 Å². The van der Waals surface area contributed by atoms with Gasteiger partial charge in [-0.1, -0.05) is 0 Å². The van der Waals surface area contributed by atoms with Crippen LogP contribution in [0, 0.1) is 0 Å². The van der Waals surface area contributed by atoms with Crippen molar-refractivity contribution in [1.29, 1.82) is 0 Å². The Kier molecular flexibility index (Phi) is 3.54. The maximum atomic E-state index is 11.7. The predicted molar refractivity (Wildman–Crippen MR) is 78.5 cm³/mol. The number of esters is 1. The molecular formula is C13H16N4O2S. The van der Waals surface area contributed by atoms with Crippen molar-refractivity contribution < 1.29 is 9.53 Å². The van der Waals surface area contributed by atoms with Crippen LogP contribution in [0.2, 0.25) is 0 Å². The summed E-state index contributed by atoms with van der Waals surface area (Å²) in [6, 6.07) is 1.91. The molecule has 2 aromatic rings. The van der Waals surface area contributed by atoms with Gasteiger partial charge in [-0.05, 0) is 18.5 Å². The number of methoxy groups -OCH3 is 1. The maximum absolute atomic E-state index is 11.7. The molecule has 0 bridgehead atoms. The first kappa shape index (κ1) is 13.3. The molecule has 0 N–H and O–H groups in total. The molecule has 1 aliphatic rings. The molecule has 7 heteroatoms. The van der Waals surface area contributed by atoms with E-state index >= 15 is 0 Å². The molecule has 0 atom stereocenters. The van der Waals surface area contributed by atoms with E-state index in [0.717, 1.165) is 42.2 Å². The van der Waals surface area contributed by atoms with Gasteiger partial charge in [-0.15, -0.1) is 11.3 Å². The summed E-state index contributed by atoms with van der Waals surface area (Å²) in [6.45, 7) is 3.79. The Balaban J connectivity index is 2.03. The van der Waals surface area contributed by atoms with Crippen LogP contribution in [0.3, 0.4) is 0 Å². The fourth-order valence-corrected chi connectivity index (χ4v) is 3.11. The number of rotatable bonds is 2. The predicted octanol–water partition coefficient (Wildman–Crippen LogP) is 1.23. The van der Waals surface area contributed by atoms with E-state index in [2.05, 4.69) is 26.8 Å². The number of ether oxygens (including phenoxy) is 1. The molecule has 2 aromatic heterocycles. The third-order valence-electron chi connectivity index (χ3n) is 3.46. The number of carbonyl (C=O) groups excluding carboxylic acids is 1. The second kappa shape index (κ2) is 5.34. The summed E-state index contributed by atoms with van der Waals surface area (Å²) >= 11 is 1.60. The molecule has 6 nitrogen and oxygen atoms in total. The summed E-state index contributed by atoms with van der Waals surface area (Å²) in [5, 5.41) is 1.97. The number of likely N-dealkylation sites (N-methyl/N-ethyl adjacent to an activating group) is 1. The van der Waals surface area contributed by atoms with Gasteiger partial charge in [-0.2, -0.15) is 0 Å². The fraction of sp³-hybridized carbons (Fsp3) is 0.462.